The summed E-state index contributed by atoms with van der Waals surface area (Å²) in [5.41, 5.74) is 2.11. The number of carbonyl (C=O) groups is 2. The molecule has 0 radical (unpaired) electrons. The van der Waals surface area contributed by atoms with E-state index >= 15 is 0 Å². The van der Waals surface area contributed by atoms with E-state index in [4.69, 9.17) is 0 Å². The lowest BCUT2D eigenvalue weighted by molar-refractivity contribution is -0.128. The predicted octanol–water partition coefficient (Wildman–Crippen LogP) is 4.69. The lowest BCUT2D eigenvalue weighted by atomic mass is 9.68. The van der Waals surface area contributed by atoms with E-state index < -0.39 is 5.41 Å². The molecule has 5 heteroatoms. The molecule has 0 unspecified atom stereocenters. The van der Waals surface area contributed by atoms with Gasteiger partial charge in [0.15, 0.2) is 0 Å². The van der Waals surface area contributed by atoms with Crippen molar-refractivity contribution in [3.05, 3.63) is 65.5 Å². The lowest BCUT2D eigenvalue weighted by Gasteiger charge is -2.36. The Morgan fingerprint density at radius 3 is 2.21 bits per heavy atom. The van der Waals surface area contributed by atoms with E-state index in [0.717, 1.165) is 61.8 Å². The van der Waals surface area contributed by atoms with E-state index in [1.807, 2.05) is 24.3 Å². The zero-order valence-corrected chi connectivity index (χ0v) is 16.5. The summed E-state index contributed by atoms with van der Waals surface area (Å²) in [6.07, 6.45) is 6.76. The number of rotatable bonds is 6. The van der Waals surface area contributed by atoms with Crippen molar-refractivity contribution in [2.24, 2.45) is 5.92 Å². The normalized spacial score (nSPS) is 18.1. The van der Waals surface area contributed by atoms with Gasteiger partial charge in [0.1, 0.15) is 5.82 Å². The Bertz CT molecular complexity index is 867. The van der Waals surface area contributed by atoms with Crippen LogP contribution in [0.15, 0.2) is 48.5 Å². The summed E-state index contributed by atoms with van der Waals surface area (Å²) in [4.78, 5) is 25.2. The number of hydrogen-bond acceptors (Lipinski definition) is 2. The molecule has 0 spiro atoms. The highest BCUT2D eigenvalue weighted by Gasteiger charge is 2.41. The van der Waals surface area contributed by atoms with Crippen molar-refractivity contribution >= 4 is 17.5 Å². The van der Waals surface area contributed by atoms with Crippen molar-refractivity contribution in [1.29, 1.82) is 0 Å². The summed E-state index contributed by atoms with van der Waals surface area (Å²) < 4.78 is 13.1. The zero-order chi connectivity index (χ0) is 20.3. The van der Waals surface area contributed by atoms with E-state index in [0.29, 0.717) is 6.54 Å². The molecule has 0 aliphatic heterocycles. The van der Waals surface area contributed by atoms with Crippen LogP contribution in [0.4, 0.5) is 10.1 Å². The van der Waals surface area contributed by atoms with Gasteiger partial charge in [0, 0.05) is 18.2 Å². The van der Waals surface area contributed by atoms with Crippen LogP contribution in [0.1, 0.15) is 56.1 Å². The highest BCUT2D eigenvalue weighted by Crippen LogP contribution is 2.40. The second-order valence-electron chi connectivity index (χ2n) is 8.29. The Balaban J connectivity index is 1.48. The van der Waals surface area contributed by atoms with Crippen molar-refractivity contribution in [2.75, 3.05) is 5.32 Å². The van der Waals surface area contributed by atoms with Crippen LogP contribution in [0.2, 0.25) is 0 Å². The Kier molecular flexibility index (Phi) is 5.65. The minimum atomic E-state index is -0.544. The van der Waals surface area contributed by atoms with Crippen LogP contribution in [0.25, 0.3) is 0 Å². The van der Waals surface area contributed by atoms with Crippen molar-refractivity contribution in [2.45, 2.75) is 56.9 Å². The van der Waals surface area contributed by atoms with Crippen molar-refractivity contribution in [3.8, 4) is 0 Å². The van der Waals surface area contributed by atoms with Gasteiger partial charge >= 0.3 is 0 Å². The Morgan fingerprint density at radius 2 is 1.59 bits per heavy atom. The average Bonchev–Trinajstić information content (AvgIpc) is 3.60. The average molecular weight is 394 g/mol. The molecule has 4 rings (SSSR count). The molecule has 4 nitrogen and oxygen atoms in total. The Morgan fingerprint density at radius 1 is 0.931 bits per heavy atom. The fourth-order valence-electron chi connectivity index (χ4n) is 4.22. The number of anilines is 1. The van der Waals surface area contributed by atoms with Gasteiger partial charge in [0.25, 0.3) is 0 Å². The molecule has 2 aromatic carbocycles. The van der Waals surface area contributed by atoms with Crippen molar-refractivity contribution < 1.29 is 14.0 Å². The van der Waals surface area contributed by atoms with Crippen LogP contribution in [0.5, 0.6) is 0 Å². The summed E-state index contributed by atoms with van der Waals surface area (Å²) in [7, 11) is 0. The van der Waals surface area contributed by atoms with Gasteiger partial charge in [0.05, 0.1) is 5.41 Å². The van der Waals surface area contributed by atoms with E-state index in [1.54, 1.807) is 12.1 Å². The lowest BCUT2D eigenvalue weighted by Crippen LogP contribution is -2.45. The van der Waals surface area contributed by atoms with Crippen LogP contribution in [0, 0.1) is 11.7 Å². The molecule has 0 bridgehead atoms. The van der Waals surface area contributed by atoms with E-state index in [9.17, 15) is 14.0 Å². The third kappa shape index (κ3) is 4.50. The highest BCUT2D eigenvalue weighted by molar-refractivity contribution is 5.94. The summed E-state index contributed by atoms with van der Waals surface area (Å²) in [6.45, 7) is 0.385. The summed E-state index contributed by atoms with van der Waals surface area (Å²) in [5.74, 6) is -0.00671. The molecule has 0 saturated heterocycles. The molecule has 0 aromatic heterocycles. The molecule has 2 aliphatic carbocycles. The Labute approximate surface area is 170 Å². The quantitative estimate of drug-likeness (QED) is 0.747. The molecule has 152 valence electrons. The number of halogens is 1. The van der Waals surface area contributed by atoms with Gasteiger partial charge in [-0.1, -0.05) is 43.5 Å². The third-order valence-corrected chi connectivity index (χ3v) is 6.16. The number of amides is 2. The van der Waals surface area contributed by atoms with Crippen LogP contribution in [-0.2, 0) is 21.5 Å². The first-order valence-electron chi connectivity index (χ1n) is 10.5. The van der Waals surface area contributed by atoms with Gasteiger partial charge in [-0.25, -0.2) is 4.39 Å². The molecule has 2 amide bonds. The van der Waals surface area contributed by atoms with Gasteiger partial charge in [-0.3, -0.25) is 9.59 Å². The van der Waals surface area contributed by atoms with Gasteiger partial charge in [0.2, 0.25) is 11.8 Å². The van der Waals surface area contributed by atoms with Crippen molar-refractivity contribution in [3.63, 3.8) is 0 Å². The smallest absolute Gasteiger partial charge is 0.230 e. The van der Waals surface area contributed by atoms with Crippen molar-refractivity contribution in [1.82, 2.24) is 5.32 Å². The van der Waals surface area contributed by atoms with Gasteiger partial charge in [-0.2, -0.15) is 0 Å². The molecule has 0 heterocycles. The molecule has 0 atom stereocenters. The minimum Gasteiger partial charge on any atom is -0.351 e. The van der Waals surface area contributed by atoms with E-state index in [2.05, 4.69) is 10.6 Å². The molecule has 2 fully saturated rings. The van der Waals surface area contributed by atoms with E-state index in [1.165, 1.54) is 12.1 Å². The van der Waals surface area contributed by atoms with Gasteiger partial charge in [-0.15, -0.1) is 0 Å². The van der Waals surface area contributed by atoms with Gasteiger partial charge in [-0.05, 0) is 61.1 Å². The predicted molar refractivity (Wildman–Crippen MR) is 111 cm³/mol. The largest absolute Gasteiger partial charge is 0.351 e. The monoisotopic (exact) mass is 394 g/mol. The molecule has 29 heavy (non-hydrogen) atoms. The first kappa shape index (κ1) is 19.6. The fraction of sp³-hybridized carbons (Fsp3) is 0.417. The van der Waals surface area contributed by atoms with E-state index in [-0.39, 0.29) is 23.5 Å². The summed E-state index contributed by atoms with van der Waals surface area (Å²) >= 11 is 0. The third-order valence-electron chi connectivity index (χ3n) is 6.16. The number of benzene rings is 2. The van der Waals surface area contributed by atoms with Crippen LogP contribution in [-0.4, -0.2) is 11.8 Å². The highest BCUT2D eigenvalue weighted by atomic mass is 19.1. The number of nitrogens with one attached hydrogen (secondary N) is 2. The topological polar surface area (TPSA) is 58.2 Å². The zero-order valence-electron chi connectivity index (χ0n) is 16.5. The maximum atomic E-state index is 13.3. The molecule has 2 aromatic rings. The fourth-order valence-corrected chi connectivity index (χ4v) is 4.22. The second kappa shape index (κ2) is 8.36. The minimum absolute atomic E-state index is 0.0243. The molecule has 2 aliphatic rings. The molecule has 2 N–H and O–H groups in total. The molecular weight excluding hydrogens is 367 g/mol. The van der Waals surface area contributed by atoms with Crippen LogP contribution in [0.3, 0.4) is 0 Å². The summed E-state index contributed by atoms with van der Waals surface area (Å²) in [6, 6.07) is 14.0. The second-order valence-corrected chi connectivity index (χ2v) is 8.29. The molecule has 2 saturated carbocycles. The summed E-state index contributed by atoms with van der Waals surface area (Å²) in [5, 5.41) is 6.02. The van der Waals surface area contributed by atoms with Crippen LogP contribution < -0.4 is 10.6 Å². The first-order chi connectivity index (χ1) is 14.1. The number of hydrogen-bond donors (Lipinski definition) is 2. The maximum absolute atomic E-state index is 13.3. The molecular formula is C24H27FN2O2. The van der Waals surface area contributed by atoms with Crippen LogP contribution >= 0.6 is 0 Å². The Hall–Kier alpha value is -2.69. The standard InChI is InChI=1S/C24H27FN2O2/c25-20-10-4-17(5-11-20)16-26-23(29)24(14-2-1-3-15-24)19-8-12-21(13-9-19)27-22(28)18-6-7-18/h4-5,8-13,18H,1-3,6-7,14-16H2,(H,26,29)(H,27,28). The van der Waals surface area contributed by atoms with Gasteiger partial charge < -0.3 is 10.6 Å². The number of carbonyl (C=O) groups excluding carboxylic acids is 2. The first-order valence-corrected chi connectivity index (χ1v) is 10.5. The SMILES string of the molecule is O=C(Nc1ccc(C2(C(=O)NCc3ccc(F)cc3)CCCCC2)cc1)C1CC1. The maximum Gasteiger partial charge on any atom is 0.230 e.